The maximum atomic E-state index is 11.7. The lowest BCUT2D eigenvalue weighted by Gasteiger charge is -2.24. The first-order valence-electron chi connectivity index (χ1n) is 6.35. The van der Waals surface area contributed by atoms with Gasteiger partial charge in [0.2, 0.25) is 5.82 Å². The van der Waals surface area contributed by atoms with E-state index in [9.17, 15) is 4.79 Å². The number of carbonyl (C=O) groups excluding carboxylic acids is 1. The number of nitrogens with zero attached hydrogens (tertiary/aromatic N) is 6. The van der Waals surface area contributed by atoms with Crippen LogP contribution in [-0.4, -0.2) is 39.2 Å². The molecule has 0 aliphatic carbocycles. The molecule has 2 heterocycles. The maximum Gasteiger partial charge on any atom is 0.425 e. The van der Waals surface area contributed by atoms with Gasteiger partial charge < -0.3 is 14.2 Å². The van der Waals surface area contributed by atoms with E-state index in [1.54, 1.807) is 32.4 Å². The fourth-order valence-corrected chi connectivity index (χ4v) is 1.66. The van der Waals surface area contributed by atoms with E-state index in [0.717, 1.165) is 4.92 Å². The van der Waals surface area contributed by atoms with Crippen molar-refractivity contribution < 1.29 is 9.53 Å². The summed E-state index contributed by atoms with van der Waals surface area (Å²) >= 11 is 0. The quantitative estimate of drug-likeness (QED) is 0.637. The Kier molecular flexibility index (Phi) is 3.90. The molecule has 1 N–H and O–H groups in total. The number of aromatic nitrogens is 4. The zero-order chi connectivity index (χ0) is 16.5. The number of hydrogen-bond donors (Lipinski definition) is 1. The number of nitriles is 1. The summed E-state index contributed by atoms with van der Waals surface area (Å²) < 4.78 is 6.71. The first-order chi connectivity index (χ1) is 10.2. The maximum absolute atomic E-state index is 11.7. The molecule has 2 aromatic heterocycles. The summed E-state index contributed by atoms with van der Waals surface area (Å²) in [5.41, 5.74) is 2.40. The van der Waals surface area contributed by atoms with Crippen molar-refractivity contribution in [3.63, 3.8) is 0 Å². The van der Waals surface area contributed by atoms with Crippen LogP contribution in [-0.2, 0) is 11.8 Å². The number of ether oxygens (including phenoxy) is 1. The molecule has 0 saturated carbocycles. The monoisotopic (exact) mass is 299 g/mol. The van der Waals surface area contributed by atoms with Gasteiger partial charge in [0.1, 0.15) is 11.7 Å². The van der Waals surface area contributed by atoms with Gasteiger partial charge in [-0.3, -0.25) is 0 Å². The Balaban J connectivity index is 2.33. The van der Waals surface area contributed by atoms with Crippen LogP contribution in [0.2, 0.25) is 0 Å². The summed E-state index contributed by atoms with van der Waals surface area (Å²) in [5, 5.41) is 8.99. The highest BCUT2D eigenvalue weighted by molar-refractivity contribution is 6.19. The van der Waals surface area contributed by atoms with Crippen LogP contribution in [0.25, 0.3) is 11.2 Å². The Labute approximate surface area is 128 Å². The van der Waals surface area contributed by atoms with Crippen LogP contribution in [0.15, 0.2) is 6.33 Å². The zero-order valence-corrected chi connectivity index (χ0v) is 12.7. The van der Waals surface area contributed by atoms with Crippen LogP contribution < -0.4 is 10.3 Å². The second kappa shape index (κ2) is 5.52. The summed E-state index contributed by atoms with van der Waals surface area (Å²) in [6.07, 6.45) is 0.752. The molecule has 0 spiro atoms. The number of imidazole rings is 1. The largest absolute Gasteiger partial charge is 0.443 e. The van der Waals surface area contributed by atoms with Gasteiger partial charge in [-0.2, -0.15) is 15.2 Å². The second-order valence-electron chi connectivity index (χ2n) is 5.49. The number of aryl methyl sites for hydroxylation is 1. The van der Waals surface area contributed by atoms with Gasteiger partial charge in [-0.25, -0.2) is 15.2 Å². The minimum atomic E-state index is -0.754. The molecular weight excluding hydrogens is 285 g/mol. The molecule has 0 fully saturated rings. The van der Waals surface area contributed by atoms with Crippen molar-refractivity contribution in [1.82, 2.24) is 24.9 Å². The Morgan fingerprint density at radius 1 is 1.50 bits per heavy atom. The molecule has 112 valence electrons. The number of fused-ring (bicyclic) bond motifs is 1. The molecule has 0 aromatic carbocycles. The number of anilines is 1. The van der Waals surface area contributed by atoms with E-state index in [1.165, 1.54) is 6.33 Å². The van der Waals surface area contributed by atoms with Crippen LogP contribution in [0, 0.1) is 11.3 Å². The minimum absolute atomic E-state index is 0.0902. The number of rotatable bonds is 2. The fourth-order valence-electron chi connectivity index (χ4n) is 1.66. The van der Waals surface area contributed by atoms with Gasteiger partial charge in [-0.15, -0.1) is 0 Å². The summed E-state index contributed by atoms with van der Waals surface area (Å²) in [5.74, 6) is 0.000507. The average Bonchev–Trinajstić information content (AvgIpc) is 2.77. The highest BCUT2D eigenvalue weighted by Crippen LogP contribution is 2.20. The molecule has 0 bridgehead atoms. The summed E-state index contributed by atoms with van der Waals surface area (Å²) in [7, 11) is 7.50. The predicted molar refractivity (Wildman–Crippen MR) is 78.6 cm³/mol. The molecule has 22 heavy (non-hydrogen) atoms. The topological polar surface area (TPSA) is 109 Å². The minimum Gasteiger partial charge on any atom is -0.443 e. The van der Waals surface area contributed by atoms with Crippen molar-refractivity contribution in [3.05, 3.63) is 12.2 Å². The summed E-state index contributed by atoms with van der Waals surface area (Å²) in [4.78, 5) is 24.7. The summed E-state index contributed by atoms with van der Waals surface area (Å²) in [6.45, 7) is 5.18. The lowest BCUT2D eigenvalue weighted by Crippen LogP contribution is -2.44. The van der Waals surface area contributed by atoms with Gasteiger partial charge >= 0.3 is 6.09 Å². The second-order valence-corrected chi connectivity index (χ2v) is 5.49. The predicted octanol–water partition coefficient (Wildman–Crippen LogP) is 0.565. The van der Waals surface area contributed by atoms with E-state index >= 15 is 0 Å². The van der Waals surface area contributed by atoms with E-state index in [2.05, 4.69) is 20.4 Å². The van der Waals surface area contributed by atoms with Crippen molar-refractivity contribution >= 4 is 31.1 Å². The van der Waals surface area contributed by atoms with Crippen molar-refractivity contribution in [2.24, 2.45) is 7.05 Å². The van der Waals surface area contributed by atoms with E-state index in [4.69, 9.17) is 18.0 Å². The van der Waals surface area contributed by atoms with E-state index in [-0.39, 0.29) is 11.6 Å². The van der Waals surface area contributed by atoms with Crippen LogP contribution in [0.4, 0.5) is 10.6 Å². The fraction of sp³-hybridized carbons (Fsp3) is 0.417. The molecule has 0 aliphatic rings. The van der Waals surface area contributed by atoms with E-state index in [1.807, 2.05) is 6.07 Å². The third kappa shape index (κ3) is 3.25. The van der Waals surface area contributed by atoms with E-state index < -0.39 is 11.7 Å². The van der Waals surface area contributed by atoms with Gasteiger partial charge in [0.15, 0.2) is 17.0 Å². The lowest BCUT2D eigenvalue weighted by molar-refractivity contribution is 0.0531. The molecule has 0 unspecified atom stereocenters. The summed E-state index contributed by atoms with van der Waals surface area (Å²) in [6, 6.07) is 1.83. The first kappa shape index (κ1) is 15.6. The highest BCUT2D eigenvalue weighted by atomic mass is 16.6. The first-order valence-corrected chi connectivity index (χ1v) is 6.35. The van der Waals surface area contributed by atoms with Crippen LogP contribution in [0.1, 0.15) is 26.6 Å². The number of hydrogen-bond acceptors (Lipinski definition) is 7. The average molecular weight is 299 g/mol. The molecule has 1 amide bonds. The van der Waals surface area contributed by atoms with Crippen molar-refractivity contribution in [1.29, 1.82) is 5.26 Å². The Hall–Kier alpha value is -2.83. The highest BCUT2D eigenvalue weighted by Gasteiger charge is 2.20. The van der Waals surface area contributed by atoms with Gasteiger partial charge in [0.05, 0.1) is 6.33 Å². The molecule has 2 radical (unpaired) electrons. The number of nitrogens with one attached hydrogen (secondary N) is 1. The Morgan fingerprint density at radius 2 is 2.18 bits per heavy atom. The van der Waals surface area contributed by atoms with Crippen molar-refractivity contribution in [2.45, 2.75) is 26.4 Å². The Morgan fingerprint density at radius 3 is 2.77 bits per heavy atom. The van der Waals surface area contributed by atoms with Gasteiger partial charge in [-0.1, -0.05) is 0 Å². The number of carbonyl (C=O) groups is 1. The lowest BCUT2D eigenvalue weighted by atomic mass is 10.2. The number of amides is 1. The number of hydrazine groups is 1. The normalized spacial score (nSPS) is 11.0. The van der Waals surface area contributed by atoms with Crippen LogP contribution >= 0.6 is 0 Å². The molecule has 10 heteroatoms. The zero-order valence-electron chi connectivity index (χ0n) is 12.7. The third-order valence-electron chi connectivity index (χ3n) is 2.48. The van der Waals surface area contributed by atoms with E-state index in [0.29, 0.717) is 11.2 Å². The standard InChI is InChI=1S/C12H14BN7O2/c1-12(2,3)22-11(21)18-20(13)10-8-9(19(4)6-15-8)16-7(5-14)17-10/h6H,1-4H3,(H,18,21). The molecule has 2 aromatic rings. The molecule has 2 rings (SSSR count). The third-order valence-corrected chi connectivity index (χ3v) is 2.48. The van der Waals surface area contributed by atoms with Gasteiger partial charge in [0.25, 0.3) is 7.98 Å². The molecular formula is C12H14BN7O2. The smallest absolute Gasteiger partial charge is 0.425 e. The van der Waals surface area contributed by atoms with Crippen LogP contribution in [0.3, 0.4) is 0 Å². The Bertz CT molecular complexity index is 759. The van der Waals surface area contributed by atoms with Crippen molar-refractivity contribution in [3.8, 4) is 6.07 Å². The molecule has 0 aliphatic heterocycles. The SMILES string of the molecule is [B]N(NC(=O)OC(C)(C)C)c1nc(C#N)nc2c1ncn2C. The molecule has 0 saturated heterocycles. The van der Waals surface area contributed by atoms with Gasteiger partial charge in [-0.05, 0) is 20.8 Å². The molecule has 0 atom stereocenters. The molecule has 9 nitrogen and oxygen atoms in total. The van der Waals surface area contributed by atoms with Crippen LogP contribution in [0.5, 0.6) is 0 Å². The van der Waals surface area contributed by atoms with Gasteiger partial charge in [0, 0.05) is 7.05 Å². The van der Waals surface area contributed by atoms with Crippen molar-refractivity contribution in [2.75, 3.05) is 4.92 Å².